The second-order valence-corrected chi connectivity index (χ2v) is 6.87. The average Bonchev–Trinajstić information content (AvgIpc) is 2.78. The van der Waals surface area contributed by atoms with Gasteiger partial charge in [-0.1, -0.05) is 13.8 Å². The normalized spacial score (nSPS) is 23.6. The van der Waals surface area contributed by atoms with Gasteiger partial charge in [-0.3, -0.25) is 0 Å². The van der Waals surface area contributed by atoms with E-state index >= 15 is 0 Å². The molecule has 1 saturated carbocycles. The Morgan fingerprint density at radius 3 is 2.63 bits per heavy atom. The predicted molar refractivity (Wildman–Crippen MR) is 84.1 cm³/mol. The number of hydrogen-bond acceptors (Lipinski definition) is 4. The fourth-order valence-corrected chi connectivity index (χ4v) is 3.82. The van der Waals surface area contributed by atoms with Gasteiger partial charge in [-0.2, -0.15) is 0 Å². The first-order valence-electron chi connectivity index (χ1n) is 7.51. The summed E-state index contributed by atoms with van der Waals surface area (Å²) in [6.45, 7) is 8.62. The molecule has 0 bridgehead atoms. The summed E-state index contributed by atoms with van der Waals surface area (Å²) in [4.78, 5) is 8.56. The predicted octanol–water partition coefficient (Wildman–Crippen LogP) is 3.58. The zero-order valence-corrected chi connectivity index (χ0v) is 13.5. The van der Waals surface area contributed by atoms with Crippen molar-refractivity contribution >= 4 is 16.5 Å². The summed E-state index contributed by atoms with van der Waals surface area (Å²) in [5.74, 6) is 0.909. The molecule has 19 heavy (non-hydrogen) atoms. The first-order chi connectivity index (χ1) is 9.11. The SMILES string of the molecule is CCNCc1sc(N(C)C2CCC(C)CC2)nc1C. The number of aromatic nitrogens is 1. The molecule has 0 unspecified atom stereocenters. The van der Waals surface area contributed by atoms with Crippen LogP contribution in [0.5, 0.6) is 0 Å². The lowest BCUT2D eigenvalue weighted by molar-refractivity contribution is 0.340. The molecule has 1 aliphatic carbocycles. The zero-order chi connectivity index (χ0) is 13.8. The molecule has 0 aromatic carbocycles. The molecule has 1 fully saturated rings. The van der Waals surface area contributed by atoms with E-state index in [9.17, 15) is 0 Å². The van der Waals surface area contributed by atoms with E-state index in [0.717, 1.165) is 19.0 Å². The molecule has 3 nitrogen and oxygen atoms in total. The third-order valence-electron chi connectivity index (χ3n) is 4.25. The highest BCUT2D eigenvalue weighted by Crippen LogP contribution is 2.32. The minimum atomic E-state index is 0.689. The van der Waals surface area contributed by atoms with E-state index in [1.54, 1.807) is 0 Å². The van der Waals surface area contributed by atoms with Crippen LogP contribution in [0.3, 0.4) is 0 Å². The number of anilines is 1. The average molecular weight is 281 g/mol. The van der Waals surface area contributed by atoms with Crippen LogP contribution < -0.4 is 10.2 Å². The van der Waals surface area contributed by atoms with Crippen molar-refractivity contribution in [2.45, 2.75) is 59.0 Å². The number of nitrogens with zero attached hydrogens (tertiary/aromatic N) is 2. The van der Waals surface area contributed by atoms with Gasteiger partial charge in [0.15, 0.2) is 5.13 Å². The summed E-state index contributed by atoms with van der Waals surface area (Å²) >= 11 is 1.85. The third kappa shape index (κ3) is 3.69. The summed E-state index contributed by atoms with van der Waals surface area (Å²) in [5.41, 5.74) is 1.19. The molecule has 2 rings (SSSR count). The number of rotatable bonds is 5. The summed E-state index contributed by atoms with van der Waals surface area (Å²) in [7, 11) is 2.22. The maximum atomic E-state index is 4.76. The molecule has 0 radical (unpaired) electrons. The fraction of sp³-hybridized carbons (Fsp3) is 0.800. The fourth-order valence-electron chi connectivity index (χ4n) is 2.75. The van der Waals surface area contributed by atoms with Crippen LogP contribution in [0.2, 0.25) is 0 Å². The van der Waals surface area contributed by atoms with Crippen molar-refractivity contribution in [1.29, 1.82) is 0 Å². The Hall–Kier alpha value is -0.610. The molecular formula is C15H27N3S. The van der Waals surface area contributed by atoms with E-state index in [1.165, 1.54) is 41.4 Å². The van der Waals surface area contributed by atoms with Crippen LogP contribution in [0.15, 0.2) is 0 Å². The summed E-state index contributed by atoms with van der Waals surface area (Å²) < 4.78 is 0. The molecule has 0 amide bonds. The first-order valence-corrected chi connectivity index (χ1v) is 8.33. The van der Waals surface area contributed by atoms with Crippen LogP contribution in [-0.4, -0.2) is 24.6 Å². The lowest BCUT2D eigenvalue weighted by Crippen LogP contribution is -2.34. The molecule has 1 N–H and O–H groups in total. The van der Waals surface area contributed by atoms with Gasteiger partial charge >= 0.3 is 0 Å². The van der Waals surface area contributed by atoms with Crippen LogP contribution >= 0.6 is 11.3 Å². The molecule has 0 saturated heterocycles. The topological polar surface area (TPSA) is 28.2 Å². The quantitative estimate of drug-likeness (QED) is 0.894. The molecule has 108 valence electrons. The smallest absolute Gasteiger partial charge is 0.185 e. The van der Waals surface area contributed by atoms with Crippen LogP contribution in [0, 0.1) is 12.8 Å². The molecule has 0 atom stereocenters. The Labute approximate surface area is 121 Å². The maximum Gasteiger partial charge on any atom is 0.185 e. The van der Waals surface area contributed by atoms with E-state index in [-0.39, 0.29) is 0 Å². The number of hydrogen-bond donors (Lipinski definition) is 1. The number of nitrogens with one attached hydrogen (secondary N) is 1. The highest BCUT2D eigenvalue weighted by molar-refractivity contribution is 7.15. The number of aryl methyl sites for hydroxylation is 1. The second kappa shape index (κ2) is 6.71. The highest BCUT2D eigenvalue weighted by Gasteiger charge is 2.24. The van der Waals surface area contributed by atoms with Crippen molar-refractivity contribution in [3.8, 4) is 0 Å². The summed E-state index contributed by atoms with van der Waals surface area (Å²) in [6, 6.07) is 0.689. The van der Waals surface area contributed by atoms with E-state index in [1.807, 2.05) is 11.3 Å². The van der Waals surface area contributed by atoms with E-state index in [2.05, 4.69) is 38.0 Å². The van der Waals surface area contributed by atoms with Gasteiger partial charge in [-0.25, -0.2) is 4.98 Å². The number of thiazole rings is 1. The summed E-state index contributed by atoms with van der Waals surface area (Å²) in [5, 5.41) is 4.59. The maximum absolute atomic E-state index is 4.76. The van der Waals surface area contributed by atoms with Crippen LogP contribution in [0.4, 0.5) is 5.13 Å². The van der Waals surface area contributed by atoms with Gasteiger partial charge in [0, 0.05) is 24.5 Å². The van der Waals surface area contributed by atoms with Crippen LogP contribution in [0.25, 0.3) is 0 Å². The largest absolute Gasteiger partial charge is 0.348 e. The van der Waals surface area contributed by atoms with Gasteiger partial charge < -0.3 is 10.2 Å². The zero-order valence-electron chi connectivity index (χ0n) is 12.7. The van der Waals surface area contributed by atoms with E-state index in [0.29, 0.717) is 6.04 Å². The Morgan fingerprint density at radius 2 is 2.00 bits per heavy atom. The van der Waals surface area contributed by atoms with Crippen molar-refractivity contribution in [2.24, 2.45) is 5.92 Å². The van der Waals surface area contributed by atoms with Gasteiger partial charge in [-0.05, 0) is 45.1 Å². The van der Waals surface area contributed by atoms with Gasteiger partial charge in [0.05, 0.1) is 5.69 Å². The summed E-state index contributed by atoms with van der Waals surface area (Å²) in [6.07, 6.45) is 5.37. The third-order valence-corrected chi connectivity index (χ3v) is 5.50. The molecule has 1 aliphatic rings. The van der Waals surface area contributed by atoms with Crippen LogP contribution in [-0.2, 0) is 6.54 Å². The van der Waals surface area contributed by atoms with E-state index < -0.39 is 0 Å². The van der Waals surface area contributed by atoms with Crippen molar-refractivity contribution in [3.05, 3.63) is 10.6 Å². The van der Waals surface area contributed by atoms with Crippen molar-refractivity contribution in [2.75, 3.05) is 18.5 Å². The molecule has 4 heteroatoms. The molecule has 0 aliphatic heterocycles. The minimum absolute atomic E-state index is 0.689. The lowest BCUT2D eigenvalue weighted by Gasteiger charge is -2.33. The Bertz CT molecular complexity index is 394. The van der Waals surface area contributed by atoms with E-state index in [4.69, 9.17) is 4.98 Å². The second-order valence-electron chi connectivity index (χ2n) is 5.81. The molecule has 1 aromatic rings. The standard InChI is InChI=1S/C15H27N3S/c1-5-16-10-14-12(3)17-15(19-14)18(4)13-8-6-11(2)7-9-13/h11,13,16H,5-10H2,1-4H3. The van der Waals surface area contributed by atoms with Gasteiger partial charge in [0.1, 0.15) is 0 Å². The minimum Gasteiger partial charge on any atom is -0.348 e. The Morgan fingerprint density at radius 1 is 1.32 bits per heavy atom. The first kappa shape index (κ1) is 14.8. The Kier molecular flexibility index (Phi) is 5.22. The monoisotopic (exact) mass is 281 g/mol. The van der Waals surface area contributed by atoms with Crippen molar-refractivity contribution < 1.29 is 0 Å². The molecular weight excluding hydrogens is 254 g/mol. The Balaban J connectivity index is 2.00. The molecule has 0 spiro atoms. The molecule has 1 aromatic heterocycles. The van der Waals surface area contributed by atoms with Gasteiger partial charge in [0.2, 0.25) is 0 Å². The van der Waals surface area contributed by atoms with Crippen molar-refractivity contribution in [1.82, 2.24) is 10.3 Å². The van der Waals surface area contributed by atoms with Gasteiger partial charge in [-0.15, -0.1) is 11.3 Å². The molecule has 1 heterocycles. The highest BCUT2D eigenvalue weighted by atomic mass is 32.1. The van der Waals surface area contributed by atoms with Crippen LogP contribution in [0.1, 0.15) is 50.1 Å². The van der Waals surface area contributed by atoms with Crippen molar-refractivity contribution in [3.63, 3.8) is 0 Å². The van der Waals surface area contributed by atoms with Gasteiger partial charge in [0.25, 0.3) is 0 Å². The lowest BCUT2D eigenvalue weighted by atomic mass is 9.87.